The number of rotatable bonds is 10. The molecule has 9 nitrogen and oxygen atoms in total. The van der Waals surface area contributed by atoms with Gasteiger partial charge >= 0.3 is 5.97 Å². The number of esters is 1. The van der Waals surface area contributed by atoms with Crippen molar-refractivity contribution >= 4 is 23.4 Å². The van der Waals surface area contributed by atoms with Crippen LogP contribution < -0.4 is 19.7 Å². The zero-order valence-electron chi connectivity index (χ0n) is 20.3. The number of ether oxygens (including phenoxy) is 3. The minimum atomic E-state index is -0.461. The number of anilines is 2. The maximum Gasteiger partial charge on any atom is 0.341 e. The molecule has 2 heterocycles. The molecule has 1 aliphatic heterocycles. The molecule has 1 amide bonds. The molecule has 0 spiro atoms. The van der Waals surface area contributed by atoms with Crippen LogP contribution >= 0.6 is 0 Å². The molecule has 188 valence electrons. The number of halogens is 1. The molecule has 0 fully saturated rings. The molecule has 0 aliphatic carbocycles. The van der Waals surface area contributed by atoms with Gasteiger partial charge in [-0.05, 0) is 38.1 Å². The Bertz CT molecular complexity index is 1280. The fraction of sp³-hybridized carbons (Fsp3) is 0.308. The Morgan fingerprint density at radius 1 is 1.11 bits per heavy atom. The summed E-state index contributed by atoms with van der Waals surface area (Å²) in [4.78, 5) is 34.8. The Morgan fingerprint density at radius 2 is 1.94 bits per heavy atom. The maximum absolute atomic E-state index is 14.5. The summed E-state index contributed by atoms with van der Waals surface area (Å²) in [6.45, 7) is 4.81. The van der Waals surface area contributed by atoms with Gasteiger partial charge in [-0.1, -0.05) is 6.07 Å². The third-order valence-corrected chi connectivity index (χ3v) is 5.69. The van der Waals surface area contributed by atoms with Crippen molar-refractivity contribution in [1.29, 1.82) is 0 Å². The van der Waals surface area contributed by atoms with Crippen molar-refractivity contribution in [2.75, 3.05) is 43.6 Å². The summed E-state index contributed by atoms with van der Waals surface area (Å²) >= 11 is 0. The van der Waals surface area contributed by atoms with Crippen LogP contribution in [-0.4, -0.2) is 55.3 Å². The Labute approximate surface area is 208 Å². The summed E-state index contributed by atoms with van der Waals surface area (Å²) in [5.74, 6) is 0.331. The number of aromatic nitrogens is 2. The number of carbonyl (C=O) groups excluding carboxylic acids is 2. The van der Waals surface area contributed by atoms with Crippen molar-refractivity contribution in [3.8, 4) is 22.8 Å². The molecule has 0 saturated heterocycles. The molecule has 4 rings (SSSR count). The maximum atomic E-state index is 14.5. The van der Waals surface area contributed by atoms with Gasteiger partial charge in [-0.15, -0.1) is 0 Å². The molecule has 1 aliphatic rings. The lowest BCUT2D eigenvalue weighted by atomic mass is 10.1. The molecule has 1 aromatic heterocycles. The molecular weight excluding hydrogens is 467 g/mol. The lowest BCUT2D eigenvalue weighted by molar-refractivity contribution is -0.117. The van der Waals surface area contributed by atoms with E-state index < -0.39 is 11.8 Å². The van der Waals surface area contributed by atoms with Gasteiger partial charge in [0.2, 0.25) is 5.91 Å². The zero-order valence-corrected chi connectivity index (χ0v) is 20.3. The van der Waals surface area contributed by atoms with E-state index in [1.807, 2.05) is 6.92 Å². The second-order valence-electron chi connectivity index (χ2n) is 7.88. The van der Waals surface area contributed by atoms with Crippen LogP contribution in [-0.2, 0) is 16.0 Å². The number of amides is 1. The summed E-state index contributed by atoms with van der Waals surface area (Å²) in [6.07, 6.45) is 1.51. The highest BCUT2D eigenvalue weighted by atomic mass is 19.1. The summed E-state index contributed by atoms with van der Waals surface area (Å²) in [5, 5.41) is 3.16. The van der Waals surface area contributed by atoms with Gasteiger partial charge < -0.3 is 24.4 Å². The third-order valence-electron chi connectivity index (χ3n) is 5.69. The van der Waals surface area contributed by atoms with E-state index in [2.05, 4.69) is 15.3 Å². The van der Waals surface area contributed by atoms with Gasteiger partial charge in [-0.3, -0.25) is 4.79 Å². The first kappa shape index (κ1) is 24.9. The van der Waals surface area contributed by atoms with Gasteiger partial charge in [0.05, 0.1) is 38.1 Å². The number of hydrogen-bond acceptors (Lipinski definition) is 8. The highest BCUT2D eigenvalue weighted by molar-refractivity contribution is 6.02. The van der Waals surface area contributed by atoms with Crippen molar-refractivity contribution in [3.05, 3.63) is 59.7 Å². The summed E-state index contributed by atoms with van der Waals surface area (Å²) in [7, 11) is 1.50. The summed E-state index contributed by atoms with van der Waals surface area (Å²) < 4.78 is 30.5. The van der Waals surface area contributed by atoms with Crippen LogP contribution in [0.1, 0.15) is 29.8 Å². The van der Waals surface area contributed by atoms with Crippen LogP contribution in [0, 0.1) is 5.82 Å². The van der Waals surface area contributed by atoms with Crippen molar-refractivity contribution in [3.63, 3.8) is 0 Å². The standard InChI is InChI=1S/C26H27FN4O5/c1-4-35-22-12-16(6-7-17(22)26(33)36-5-2)20-14-23(30-15-29-20)28-10-11-31-24(32)13-18-21(34-3)9-8-19(27)25(18)31/h6-9,12,14-15H,4-5,10-11,13H2,1-3H3,(H,28,29,30). The van der Waals surface area contributed by atoms with Gasteiger partial charge in [0.1, 0.15) is 35.0 Å². The molecule has 0 saturated carbocycles. The SMILES string of the molecule is CCOC(=O)c1ccc(-c2cc(NCCN3C(=O)Cc4c(OC)ccc(F)c43)ncn2)cc1OCC. The Hall–Kier alpha value is -4.21. The van der Waals surface area contributed by atoms with E-state index in [9.17, 15) is 14.0 Å². The summed E-state index contributed by atoms with van der Waals surface area (Å²) in [6, 6.07) is 9.72. The zero-order chi connectivity index (χ0) is 25.7. The number of fused-ring (bicyclic) bond motifs is 1. The van der Waals surface area contributed by atoms with Gasteiger partial charge in [-0.25, -0.2) is 19.2 Å². The summed E-state index contributed by atoms with van der Waals surface area (Å²) in [5.41, 5.74) is 2.50. The number of carbonyl (C=O) groups is 2. The van der Waals surface area contributed by atoms with Crippen LogP contribution in [0.25, 0.3) is 11.3 Å². The minimum absolute atomic E-state index is 0.0951. The van der Waals surface area contributed by atoms with Gasteiger partial charge in [-0.2, -0.15) is 0 Å². The Kier molecular flexibility index (Phi) is 7.62. The Morgan fingerprint density at radius 3 is 2.69 bits per heavy atom. The number of benzene rings is 2. The van der Waals surface area contributed by atoms with Crippen LogP contribution in [0.2, 0.25) is 0 Å². The van der Waals surface area contributed by atoms with Crippen molar-refractivity contribution < 1.29 is 28.2 Å². The van der Waals surface area contributed by atoms with E-state index in [4.69, 9.17) is 14.2 Å². The number of nitrogens with zero attached hydrogens (tertiary/aromatic N) is 3. The Balaban J connectivity index is 1.48. The molecule has 10 heteroatoms. The van der Waals surface area contributed by atoms with Crippen molar-refractivity contribution in [1.82, 2.24) is 9.97 Å². The quantitative estimate of drug-likeness (QED) is 0.424. The predicted octanol–water partition coefficient (Wildman–Crippen LogP) is 3.87. The topological polar surface area (TPSA) is 103 Å². The van der Waals surface area contributed by atoms with E-state index in [-0.39, 0.29) is 31.2 Å². The van der Waals surface area contributed by atoms with Crippen molar-refractivity contribution in [2.24, 2.45) is 0 Å². The smallest absolute Gasteiger partial charge is 0.341 e. The minimum Gasteiger partial charge on any atom is -0.496 e. The largest absolute Gasteiger partial charge is 0.496 e. The van der Waals surface area contributed by atoms with E-state index >= 15 is 0 Å². The van der Waals surface area contributed by atoms with E-state index in [1.165, 1.54) is 30.5 Å². The lowest BCUT2D eigenvalue weighted by Gasteiger charge is -2.19. The van der Waals surface area contributed by atoms with Crippen LogP contribution in [0.3, 0.4) is 0 Å². The van der Waals surface area contributed by atoms with Gasteiger partial charge in [0, 0.05) is 30.3 Å². The molecular formula is C26H27FN4O5. The number of hydrogen-bond donors (Lipinski definition) is 1. The van der Waals surface area contributed by atoms with Gasteiger partial charge in [0.15, 0.2) is 0 Å². The van der Waals surface area contributed by atoms with Crippen LogP contribution in [0.15, 0.2) is 42.7 Å². The molecule has 0 bridgehead atoms. The molecule has 0 radical (unpaired) electrons. The molecule has 2 aromatic carbocycles. The predicted molar refractivity (Wildman–Crippen MR) is 132 cm³/mol. The van der Waals surface area contributed by atoms with E-state index in [0.29, 0.717) is 47.3 Å². The fourth-order valence-corrected chi connectivity index (χ4v) is 4.09. The van der Waals surface area contributed by atoms with E-state index in [1.54, 1.807) is 31.2 Å². The second-order valence-corrected chi connectivity index (χ2v) is 7.88. The molecule has 0 atom stereocenters. The number of nitrogens with one attached hydrogen (secondary N) is 1. The highest BCUT2D eigenvalue weighted by Crippen LogP contribution is 2.37. The first-order chi connectivity index (χ1) is 17.5. The normalized spacial score (nSPS) is 12.3. The molecule has 1 N–H and O–H groups in total. The average Bonchev–Trinajstić information content (AvgIpc) is 3.21. The molecule has 0 unspecified atom stereocenters. The first-order valence-corrected chi connectivity index (χ1v) is 11.6. The fourth-order valence-electron chi connectivity index (χ4n) is 4.09. The first-order valence-electron chi connectivity index (χ1n) is 11.6. The number of methoxy groups -OCH3 is 1. The van der Waals surface area contributed by atoms with E-state index in [0.717, 1.165) is 5.56 Å². The third kappa shape index (κ3) is 5.07. The lowest BCUT2D eigenvalue weighted by Crippen LogP contribution is -2.32. The van der Waals surface area contributed by atoms with Crippen molar-refractivity contribution in [2.45, 2.75) is 20.3 Å². The van der Waals surface area contributed by atoms with Gasteiger partial charge in [0.25, 0.3) is 0 Å². The average molecular weight is 495 g/mol. The molecule has 36 heavy (non-hydrogen) atoms. The monoisotopic (exact) mass is 494 g/mol. The molecule has 3 aromatic rings. The van der Waals surface area contributed by atoms with Crippen LogP contribution in [0.4, 0.5) is 15.9 Å². The van der Waals surface area contributed by atoms with Crippen LogP contribution in [0.5, 0.6) is 11.5 Å². The highest BCUT2D eigenvalue weighted by Gasteiger charge is 2.32. The second kappa shape index (κ2) is 11.0.